The van der Waals surface area contributed by atoms with Gasteiger partial charge in [0, 0.05) is 5.56 Å². The number of hydrogen-bond acceptors (Lipinski definition) is 3. The summed E-state index contributed by atoms with van der Waals surface area (Å²) in [5.74, 6) is 0.713. The first-order chi connectivity index (χ1) is 8.05. The van der Waals surface area contributed by atoms with E-state index in [0.717, 1.165) is 5.56 Å². The van der Waals surface area contributed by atoms with Crippen LogP contribution in [0.15, 0.2) is 33.1 Å². The van der Waals surface area contributed by atoms with E-state index in [9.17, 15) is 8.42 Å². The minimum atomic E-state index is -3.68. The Labute approximate surface area is 100 Å². The fraction of sp³-hybridized carbons (Fsp3) is 0.273. The Kier molecular flexibility index (Phi) is 2.97. The van der Waals surface area contributed by atoms with Gasteiger partial charge >= 0.3 is 10.2 Å². The molecule has 0 aromatic heterocycles. The first kappa shape index (κ1) is 11.8. The summed E-state index contributed by atoms with van der Waals surface area (Å²) in [6.45, 7) is 1.85. The predicted molar refractivity (Wildman–Crippen MR) is 66.2 cm³/mol. The van der Waals surface area contributed by atoms with Crippen molar-refractivity contribution in [2.45, 2.75) is 13.3 Å². The van der Waals surface area contributed by atoms with Crippen LogP contribution in [0.3, 0.4) is 0 Å². The van der Waals surface area contributed by atoms with Crippen molar-refractivity contribution in [2.75, 3.05) is 7.11 Å². The molecule has 1 aliphatic heterocycles. The van der Waals surface area contributed by atoms with E-state index in [2.05, 4.69) is 8.80 Å². The van der Waals surface area contributed by atoms with Crippen LogP contribution in [0.1, 0.15) is 18.9 Å². The van der Waals surface area contributed by atoms with Crippen LogP contribution in [-0.2, 0) is 10.2 Å². The van der Waals surface area contributed by atoms with E-state index in [-0.39, 0.29) is 0 Å². The van der Waals surface area contributed by atoms with Gasteiger partial charge in [-0.25, -0.2) is 0 Å². The second-order valence-electron chi connectivity index (χ2n) is 3.51. The Morgan fingerprint density at radius 1 is 1.18 bits per heavy atom. The molecule has 6 heteroatoms. The zero-order valence-electron chi connectivity index (χ0n) is 9.54. The maximum Gasteiger partial charge on any atom is 0.363 e. The summed E-state index contributed by atoms with van der Waals surface area (Å²) in [6.07, 6.45) is 0.532. The normalized spacial score (nSPS) is 17.5. The van der Waals surface area contributed by atoms with Crippen LogP contribution in [0.4, 0.5) is 0 Å². The van der Waals surface area contributed by atoms with Gasteiger partial charge in [-0.1, -0.05) is 6.92 Å². The third-order valence-corrected chi connectivity index (χ3v) is 3.27. The number of hydrogen-bond donors (Lipinski definition) is 0. The molecule has 1 aliphatic rings. The van der Waals surface area contributed by atoms with Gasteiger partial charge < -0.3 is 4.74 Å². The Hall–Kier alpha value is -1.69. The Bertz CT molecular complexity index is 586. The molecule has 0 radical (unpaired) electrons. The summed E-state index contributed by atoms with van der Waals surface area (Å²) < 4.78 is 34.9. The predicted octanol–water partition coefficient (Wildman–Crippen LogP) is 1.59. The van der Waals surface area contributed by atoms with E-state index in [1.54, 1.807) is 31.4 Å². The van der Waals surface area contributed by atoms with Gasteiger partial charge in [0.2, 0.25) is 0 Å². The molecule has 0 amide bonds. The molecule has 0 unspecified atom stereocenters. The third-order valence-electron chi connectivity index (χ3n) is 2.40. The summed E-state index contributed by atoms with van der Waals surface area (Å²) in [7, 11) is -2.10. The van der Waals surface area contributed by atoms with Crippen LogP contribution in [0.5, 0.6) is 5.75 Å². The highest BCUT2D eigenvalue weighted by molar-refractivity contribution is 7.89. The summed E-state index contributed by atoms with van der Waals surface area (Å²) >= 11 is 0. The van der Waals surface area contributed by atoms with Crippen LogP contribution in [-0.4, -0.2) is 27.0 Å². The topological polar surface area (TPSA) is 68.1 Å². The largest absolute Gasteiger partial charge is 0.497 e. The lowest BCUT2D eigenvalue weighted by atomic mass is 10.0. The zero-order valence-corrected chi connectivity index (χ0v) is 10.4. The summed E-state index contributed by atoms with van der Waals surface area (Å²) in [6, 6.07) is 7.06. The summed E-state index contributed by atoms with van der Waals surface area (Å²) in [5, 5.41) is 0. The molecule has 2 rings (SSSR count). The van der Waals surface area contributed by atoms with Crippen molar-refractivity contribution in [3.8, 4) is 5.75 Å². The standard InChI is InChI=1S/C11H12N2O3S/c1-3-10-11(13-17(14,15)12-10)8-4-6-9(16-2)7-5-8/h4-7H,3H2,1-2H3. The van der Waals surface area contributed by atoms with E-state index in [1.165, 1.54) is 0 Å². The maximum absolute atomic E-state index is 11.3. The first-order valence-electron chi connectivity index (χ1n) is 5.14. The molecule has 0 saturated heterocycles. The second-order valence-corrected chi connectivity index (χ2v) is 4.77. The van der Waals surface area contributed by atoms with E-state index in [4.69, 9.17) is 4.74 Å². The van der Waals surface area contributed by atoms with E-state index < -0.39 is 10.2 Å². The highest BCUT2D eigenvalue weighted by atomic mass is 32.2. The molecule has 1 aromatic rings. The van der Waals surface area contributed by atoms with Crippen LogP contribution < -0.4 is 4.74 Å². The van der Waals surface area contributed by atoms with Crippen molar-refractivity contribution in [1.29, 1.82) is 0 Å². The molecule has 1 heterocycles. The highest BCUT2D eigenvalue weighted by Crippen LogP contribution is 2.18. The van der Waals surface area contributed by atoms with Gasteiger partial charge in [0.25, 0.3) is 0 Å². The number of nitrogens with zero attached hydrogens (tertiary/aromatic N) is 2. The van der Waals surface area contributed by atoms with Crippen molar-refractivity contribution < 1.29 is 13.2 Å². The minimum absolute atomic E-state index is 0.426. The van der Waals surface area contributed by atoms with Crippen molar-refractivity contribution in [3.05, 3.63) is 29.8 Å². The number of benzene rings is 1. The SMILES string of the molecule is CCC1=NS(=O)(=O)N=C1c1ccc(OC)cc1. The molecular weight excluding hydrogens is 240 g/mol. The molecule has 0 fully saturated rings. The van der Waals surface area contributed by atoms with Crippen molar-refractivity contribution >= 4 is 21.6 Å². The minimum Gasteiger partial charge on any atom is -0.497 e. The van der Waals surface area contributed by atoms with Gasteiger partial charge in [0.05, 0.1) is 12.8 Å². The monoisotopic (exact) mass is 252 g/mol. The van der Waals surface area contributed by atoms with Crippen molar-refractivity contribution in [1.82, 2.24) is 0 Å². The number of rotatable bonds is 3. The molecule has 5 nitrogen and oxygen atoms in total. The Morgan fingerprint density at radius 2 is 1.82 bits per heavy atom. The van der Waals surface area contributed by atoms with Crippen LogP contribution in [0, 0.1) is 0 Å². The average Bonchev–Trinajstić information content (AvgIpc) is 2.65. The number of ether oxygens (including phenoxy) is 1. The Balaban J connectivity index is 2.44. The molecule has 1 aromatic carbocycles. The molecule has 0 saturated carbocycles. The molecule has 0 bridgehead atoms. The van der Waals surface area contributed by atoms with Gasteiger partial charge in [-0.2, -0.15) is 8.42 Å². The van der Waals surface area contributed by atoms with Gasteiger partial charge in [-0.3, -0.25) is 0 Å². The summed E-state index contributed by atoms with van der Waals surface area (Å²) in [5.41, 5.74) is 1.65. The van der Waals surface area contributed by atoms with Gasteiger partial charge in [0.15, 0.2) is 0 Å². The summed E-state index contributed by atoms with van der Waals surface area (Å²) in [4.78, 5) is 0. The maximum atomic E-state index is 11.3. The van der Waals surface area contributed by atoms with E-state index in [0.29, 0.717) is 23.6 Å². The fourth-order valence-corrected chi connectivity index (χ4v) is 2.55. The quantitative estimate of drug-likeness (QED) is 0.820. The van der Waals surface area contributed by atoms with E-state index in [1.807, 2.05) is 6.92 Å². The fourth-order valence-electron chi connectivity index (χ4n) is 1.57. The van der Waals surface area contributed by atoms with Gasteiger partial charge in [-0.05, 0) is 30.7 Å². The average molecular weight is 252 g/mol. The smallest absolute Gasteiger partial charge is 0.363 e. The molecule has 0 N–H and O–H groups in total. The molecule has 0 atom stereocenters. The van der Waals surface area contributed by atoms with E-state index >= 15 is 0 Å². The molecule has 17 heavy (non-hydrogen) atoms. The molecule has 0 aliphatic carbocycles. The van der Waals surface area contributed by atoms with Gasteiger partial charge in [-0.15, -0.1) is 8.80 Å². The lowest BCUT2D eigenvalue weighted by molar-refractivity contribution is 0.415. The van der Waals surface area contributed by atoms with Crippen molar-refractivity contribution in [2.24, 2.45) is 8.80 Å². The lowest BCUT2D eigenvalue weighted by Crippen LogP contribution is -2.10. The van der Waals surface area contributed by atoms with Crippen molar-refractivity contribution in [3.63, 3.8) is 0 Å². The Morgan fingerprint density at radius 3 is 2.35 bits per heavy atom. The van der Waals surface area contributed by atoms with Crippen LogP contribution in [0.2, 0.25) is 0 Å². The first-order valence-corrected chi connectivity index (χ1v) is 6.54. The molecule has 0 spiro atoms. The van der Waals surface area contributed by atoms with Gasteiger partial charge in [0.1, 0.15) is 11.5 Å². The lowest BCUT2D eigenvalue weighted by Gasteiger charge is -2.03. The van der Waals surface area contributed by atoms with Crippen LogP contribution >= 0.6 is 0 Å². The second kappa shape index (κ2) is 4.29. The molecule has 90 valence electrons. The third kappa shape index (κ3) is 2.36. The van der Waals surface area contributed by atoms with Crippen LogP contribution in [0.25, 0.3) is 0 Å². The highest BCUT2D eigenvalue weighted by Gasteiger charge is 2.23. The number of methoxy groups -OCH3 is 1. The zero-order chi connectivity index (χ0) is 12.5. The molecular formula is C11H12N2O3S.